The Hall–Kier alpha value is -2.94. The third kappa shape index (κ3) is 3.46. The number of nitrogens with zero attached hydrogens (tertiary/aromatic N) is 4. The molecule has 6 nitrogen and oxygen atoms in total. The highest BCUT2D eigenvalue weighted by Gasteiger charge is 2.26. The molecular formula is C17H16N4O2. The summed E-state index contributed by atoms with van der Waals surface area (Å²) >= 11 is 0. The molecule has 1 unspecified atom stereocenters. The summed E-state index contributed by atoms with van der Waals surface area (Å²) in [4.78, 5) is 22.3. The number of carbonyl (C=O) groups excluding carboxylic acids is 1. The zero-order valence-electron chi connectivity index (χ0n) is 12.6. The highest BCUT2D eigenvalue weighted by atomic mass is 16.5. The molecule has 1 amide bonds. The topological polar surface area (TPSA) is 79.1 Å². The van der Waals surface area contributed by atoms with Crippen molar-refractivity contribution in [1.29, 1.82) is 5.26 Å². The lowest BCUT2D eigenvalue weighted by Gasteiger charge is -2.32. The van der Waals surface area contributed by atoms with Crippen LogP contribution in [-0.4, -0.2) is 40.0 Å². The minimum Gasteiger partial charge on any atom is -0.470 e. The van der Waals surface area contributed by atoms with E-state index in [1.54, 1.807) is 4.90 Å². The second-order valence-corrected chi connectivity index (χ2v) is 5.32. The number of benzene rings is 1. The maximum absolute atomic E-state index is 12.5. The maximum Gasteiger partial charge on any atom is 0.253 e. The molecule has 2 aromatic rings. The van der Waals surface area contributed by atoms with Crippen molar-refractivity contribution in [2.45, 2.75) is 18.9 Å². The van der Waals surface area contributed by atoms with Gasteiger partial charge in [0.25, 0.3) is 11.8 Å². The van der Waals surface area contributed by atoms with Crippen molar-refractivity contribution < 1.29 is 9.53 Å². The Labute approximate surface area is 134 Å². The zero-order valence-corrected chi connectivity index (χ0v) is 12.6. The first kappa shape index (κ1) is 15.0. The first-order chi connectivity index (χ1) is 11.3. The normalized spacial score (nSPS) is 17.3. The van der Waals surface area contributed by atoms with E-state index in [2.05, 4.69) is 9.97 Å². The molecule has 1 aliphatic heterocycles. The molecule has 3 rings (SSSR count). The van der Waals surface area contributed by atoms with Crippen LogP contribution >= 0.6 is 0 Å². The van der Waals surface area contributed by atoms with Crippen molar-refractivity contribution in [3.05, 3.63) is 54.0 Å². The van der Waals surface area contributed by atoms with E-state index in [-0.39, 0.29) is 23.6 Å². The van der Waals surface area contributed by atoms with Crippen LogP contribution < -0.4 is 4.74 Å². The molecule has 0 saturated carbocycles. The summed E-state index contributed by atoms with van der Waals surface area (Å²) in [7, 11) is 0. The van der Waals surface area contributed by atoms with E-state index in [4.69, 9.17) is 10.00 Å². The molecule has 2 heterocycles. The Morgan fingerprint density at radius 3 is 2.83 bits per heavy atom. The van der Waals surface area contributed by atoms with Crippen LogP contribution in [0.1, 0.15) is 28.9 Å². The van der Waals surface area contributed by atoms with E-state index in [0.717, 1.165) is 12.8 Å². The maximum atomic E-state index is 12.5. The fraction of sp³-hybridized carbons (Fsp3) is 0.294. The molecule has 1 atom stereocenters. The number of aromatic nitrogens is 2. The number of hydrogen-bond donors (Lipinski definition) is 0. The Morgan fingerprint density at radius 2 is 2.04 bits per heavy atom. The summed E-state index contributed by atoms with van der Waals surface area (Å²) < 4.78 is 5.80. The van der Waals surface area contributed by atoms with Crippen LogP contribution in [-0.2, 0) is 0 Å². The zero-order chi connectivity index (χ0) is 16.1. The Kier molecular flexibility index (Phi) is 4.48. The van der Waals surface area contributed by atoms with Gasteiger partial charge in [-0.3, -0.25) is 4.79 Å². The number of rotatable bonds is 3. The number of likely N-dealkylation sites (tertiary alicyclic amines) is 1. The Bertz CT molecular complexity index is 727. The molecule has 1 aromatic carbocycles. The van der Waals surface area contributed by atoms with Crippen LogP contribution in [0.4, 0.5) is 0 Å². The van der Waals surface area contributed by atoms with E-state index >= 15 is 0 Å². The van der Waals surface area contributed by atoms with Gasteiger partial charge in [-0.1, -0.05) is 18.2 Å². The van der Waals surface area contributed by atoms with Gasteiger partial charge in [-0.25, -0.2) is 9.97 Å². The molecular weight excluding hydrogens is 292 g/mol. The molecule has 23 heavy (non-hydrogen) atoms. The SMILES string of the molecule is N#Cc1nccnc1OC1CCCN(C(=O)c2ccccc2)C1. The van der Waals surface area contributed by atoms with Gasteiger partial charge in [0.15, 0.2) is 0 Å². The number of nitriles is 1. The largest absolute Gasteiger partial charge is 0.470 e. The lowest BCUT2D eigenvalue weighted by Crippen LogP contribution is -2.44. The summed E-state index contributed by atoms with van der Waals surface area (Å²) in [5.74, 6) is 0.229. The molecule has 0 aliphatic carbocycles. The van der Waals surface area contributed by atoms with Crippen molar-refractivity contribution >= 4 is 5.91 Å². The predicted molar refractivity (Wildman–Crippen MR) is 82.7 cm³/mol. The van der Waals surface area contributed by atoms with E-state index in [9.17, 15) is 4.79 Å². The van der Waals surface area contributed by atoms with Gasteiger partial charge in [0.1, 0.15) is 12.2 Å². The summed E-state index contributed by atoms with van der Waals surface area (Å²) in [5, 5.41) is 9.04. The van der Waals surface area contributed by atoms with Crippen LogP contribution in [0.3, 0.4) is 0 Å². The van der Waals surface area contributed by atoms with Crippen molar-refractivity contribution in [2.75, 3.05) is 13.1 Å². The number of hydrogen-bond acceptors (Lipinski definition) is 5. The lowest BCUT2D eigenvalue weighted by molar-refractivity contribution is 0.0526. The minimum absolute atomic E-state index is 0.00134. The van der Waals surface area contributed by atoms with Crippen molar-refractivity contribution in [1.82, 2.24) is 14.9 Å². The molecule has 6 heteroatoms. The van der Waals surface area contributed by atoms with Crippen LogP contribution in [0.2, 0.25) is 0 Å². The number of piperidine rings is 1. The summed E-state index contributed by atoms with van der Waals surface area (Å²) in [6, 6.07) is 11.2. The van der Waals surface area contributed by atoms with Gasteiger partial charge < -0.3 is 9.64 Å². The monoisotopic (exact) mass is 308 g/mol. The van der Waals surface area contributed by atoms with Crippen molar-refractivity contribution in [2.24, 2.45) is 0 Å². The second kappa shape index (κ2) is 6.88. The van der Waals surface area contributed by atoms with Gasteiger partial charge in [0.05, 0.1) is 6.54 Å². The quantitative estimate of drug-likeness (QED) is 0.867. The third-order valence-corrected chi connectivity index (χ3v) is 3.73. The second-order valence-electron chi connectivity index (χ2n) is 5.32. The first-order valence-corrected chi connectivity index (χ1v) is 7.50. The fourth-order valence-electron chi connectivity index (χ4n) is 2.63. The number of amides is 1. The van der Waals surface area contributed by atoms with Crippen molar-refractivity contribution in [3.63, 3.8) is 0 Å². The molecule has 116 valence electrons. The fourth-order valence-corrected chi connectivity index (χ4v) is 2.63. The molecule has 0 radical (unpaired) electrons. The van der Waals surface area contributed by atoms with Crippen LogP contribution in [0.5, 0.6) is 5.88 Å². The van der Waals surface area contributed by atoms with Crippen LogP contribution in [0.25, 0.3) is 0 Å². The predicted octanol–water partition coefficient (Wildman–Crippen LogP) is 2.03. The van der Waals surface area contributed by atoms with Crippen LogP contribution in [0, 0.1) is 11.3 Å². The summed E-state index contributed by atoms with van der Waals surface area (Å²) in [6.45, 7) is 1.19. The minimum atomic E-state index is -0.180. The van der Waals surface area contributed by atoms with Gasteiger partial charge in [0, 0.05) is 24.5 Å². The van der Waals surface area contributed by atoms with Gasteiger partial charge in [-0.15, -0.1) is 0 Å². The van der Waals surface area contributed by atoms with E-state index in [0.29, 0.717) is 18.7 Å². The molecule has 1 aromatic heterocycles. The van der Waals surface area contributed by atoms with E-state index < -0.39 is 0 Å². The smallest absolute Gasteiger partial charge is 0.253 e. The van der Waals surface area contributed by atoms with Gasteiger partial charge in [0.2, 0.25) is 5.69 Å². The van der Waals surface area contributed by atoms with E-state index in [1.807, 2.05) is 36.4 Å². The third-order valence-electron chi connectivity index (χ3n) is 3.73. The Morgan fingerprint density at radius 1 is 1.26 bits per heavy atom. The number of carbonyl (C=O) groups is 1. The van der Waals surface area contributed by atoms with Crippen molar-refractivity contribution in [3.8, 4) is 11.9 Å². The molecule has 0 bridgehead atoms. The molecule has 1 aliphatic rings. The molecule has 0 spiro atoms. The standard InChI is InChI=1S/C17H16N4O2/c18-11-15-16(20-9-8-19-15)23-14-7-4-10-21(12-14)17(22)13-5-2-1-3-6-13/h1-3,5-6,8-9,14H,4,7,10,12H2. The molecule has 1 saturated heterocycles. The molecule has 0 N–H and O–H groups in total. The first-order valence-electron chi connectivity index (χ1n) is 7.50. The van der Waals surface area contributed by atoms with Crippen LogP contribution in [0.15, 0.2) is 42.7 Å². The van der Waals surface area contributed by atoms with E-state index in [1.165, 1.54) is 12.4 Å². The highest BCUT2D eigenvalue weighted by Crippen LogP contribution is 2.19. The average Bonchev–Trinajstić information content (AvgIpc) is 2.62. The summed E-state index contributed by atoms with van der Waals surface area (Å²) in [6.07, 6.45) is 4.44. The van der Waals surface area contributed by atoms with Gasteiger partial charge in [-0.2, -0.15) is 5.26 Å². The Balaban J connectivity index is 1.69. The van der Waals surface area contributed by atoms with Gasteiger partial charge in [-0.05, 0) is 25.0 Å². The summed E-state index contributed by atoms with van der Waals surface area (Å²) in [5.41, 5.74) is 0.837. The number of ether oxygens (including phenoxy) is 1. The molecule has 1 fully saturated rings. The highest BCUT2D eigenvalue weighted by molar-refractivity contribution is 5.94. The average molecular weight is 308 g/mol. The van der Waals surface area contributed by atoms with Gasteiger partial charge >= 0.3 is 0 Å². The lowest BCUT2D eigenvalue weighted by atomic mass is 10.1.